The molecule has 206 valence electrons. The Morgan fingerprint density at radius 2 is 1.63 bits per heavy atom. The summed E-state index contributed by atoms with van der Waals surface area (Å²) in [7, 11) is 0. The van der Waals surface area contributed by atoms with Crippen LogP contribution in [0.4, 0.5) is 18.4 Å². The monoisotopic (exact) mass is 550 g/mol. The van der Waals surface area contributed by atoms with E-state index in [0.717, 1.165) is 0 Å². The predicted molar refractivity (Wildman–Crippen MR) is 138 cm³/mol. The van der Waals surface area contributed by atoms with Crippen LogP contribution in [0.2, 0.25) is 0 Å². The summed E-state index contributed by atoms with van der Waals surface area (Å²) >= 11 is -0.157. The highest BCUT2D eigenvalue weighted by molar-refractivity contribution is 8.25. The van der Waals surface area contributed by atoms with Crippen molar-refractivity contribution in [1.82, 2.24) is 0 Å². The van der Waals surface area contributed by atoms with E-state index in [0.29, 0.717) is 17.6 Å². The number of rotatable bonds is 1. The summed E-state index contributed by atoms with van der Waals surface area (Å²) in [6.07, 6.45) is 0.0189. The van der Waals surface area contributed by atoms with Gasteiger partial charge in [0.1, 0.15) is 6.17 Å². The number of halogens is 2. The Labute approximate surface area is 223 Å². The van der Waals surface area contributed by atoms with Crippen LogP contribution in [0.1, 0.15) is 45.6 Å². The van der Waals surface area contributed by atoms with Gasteiger partial charge in [0, 0.05) is 16.9 Å². The number of carbonyl (C=O) groups is 3. The third kappa shape index (κ3) is 4.30. The number of carbonyl (C=O) groups excluding carboxylic acids is 1. The molecule has 0 aromatic heterocycles. The summed E-state index contributed by atoms with van der Waals surface area (Å²) in [5, 5.41) is 34.6. The van der Waals surface area contributed by atoms with E-state index in [2.05, 4.69) is 0 Å². The Balaban J connectivity index is 0.000000426. The standard InChI is InChI=1S/C26H30F2O3.C2H2O4S/c1-14-9-17-18-10-20(27)19-11-21(29)16(15-7-5-4-6-8-15)12-25(19,3)26(18,28)22(30)13-24(17,2)23(14)31;3-1(4)7-2(5)6/h4-8,11-12,14,17-18,20,22-23,30-31H,9-10,13H2,1-3H3;(H,3,4)(H,5,6)/t14-,17+,18+,20+,22+,23-,24+,25+,26+;/m1./s1. The van der Waals surface area contributed by atoms with Crippen LogP contribution in [-0.4, -0.2) is 60.9 Å². The third-order valence-electron chi connectivity index (χ3n) is 9.27. The Kier molecular flexibility index (Phi) is 7.40. The highest BCUT2D eigenvalue weighted by Crippen LogP contribution is 2.69. The van der Waals surface area contributed by atoms with Crippen molar-refractivity contribution >= 4 is 33.7 Å². The van der Waals surface area contributed by atoms with Crippen LogP contribution in [0.5, 0.6) is 0 Å². The second-order valence-corrected chi connectivity index (χ2v) is 12.2. The van der Waals surface area contributed by atoms with Crippen molar-refractivity contribution < 1.29 is 43.6 Å². The number of allylic oxidation sites excluding steroid dienone is 4. The van der Waals surface area contributed by atoms with E-state index in [1.807, 2.05) is 19.9 Å². The van der Waals surface area contributed by atoms with Crippen molar-refractivity contribution in [2.75, 3.05) is 0 Å². The van der Waals surface area contributed by atoms with Crippen LogP contribution in [-0.2, 0) is 4.79 Å². The molecule has 0 unspecified atom stereocenters. The van der Waals surface area contributed by atoms with Gasteiger partial charge in [-0.15, -0.1) is 0 Å². The number of aliphatic hydroxyl groups is 2. The lowest BCUT2D eigenvalue weighted by molar-refractivity contribution is -0.207. The van der Waals surface area contributed by atoms with E-state index in [-0.39, 0.29) is 47.8 Å². The second kappa shape index (κ2) is 9.88. The summed E-state index contributed by atoms with van der Waals surface area (Å²) in [5.41, 5.74) is -3.07. The molecular formula is C28H32F2O7S. The van der Waals surface area contributed by atoms with E-state index in [4.69, 9.17) is 10.2 Å². The quantitative estimate of drug-likeness (QED) is 0.360. The summed E-state index contributed by atoms with van der Waals surface area (Å²) < 4.78 is 32.8. The molecule has 5 rings (SSSR count). The molecule has 10 heteroatoms. The normalized spacial score (nSPS) is 41.4. The van der Waals surface area contributed by atoms with E-state index >= 15 is 8.78 Å². The molecule has 3 saturated carbocycles. The lowest BCUT2D eigenvalue weighted by atomic mass is 9.45. The molecule has 3 fully saturated rings. The maximum absolute atomic E-state index is 17.3. The van der Waals surface area contributed by atoms with Crippen molar-refractivity contribution in [3.05, 3.63) is 53.6 Å². The maximum atomic E-state index is 17.3. The second-order valence-electron chi connectivity index (χ2n) is 11.3. The van der Waals surface area contributed by atoms with Crippen LogP contribution in [0.25, 0.3) is 5.57 Å². The van der Waals surface area contributed by atoms with E-state index < -0.39 is 51.4 Å². The van der Waals surface area contributed by atoms with Crippen molar-refractivity contribution in [2.24, 2.45) is 28.6 Å². The zero-order chi connectivity index (χ0) is 28.2. The van der Waals surface area contributed by atoms with Gasteiger partial charge in [-0.2, -0.15) is 0 Å². The summed E-state index contributed by atoms with van der Waals surface area (Å²) in [6, 6.07) is 9.02. The molecule has 0 radical (unpaired) electrons. The predicted octanol–water partition coefficient (Wildman–Crippen LogP) is 5.52. The molecule has 0 bridgehead atoms. The molecule has 0 aliphatic heterocycles. The van der Waals surface area contributed by atoms with Gasteiger partial charge in [-0.1, -0.05) is 50.3 Å². The number of fused-ring (bicyclic) bond motifs is 5. The first-order chi connectivity index (χ1) is 17.7. The van der Waals surface area contributed by atoms with Crippen molar-refractivity contribution in [2.45, 2.75) is 64.1 Å². The van der Waals surface area contributed by atoms with Crippen LogP contribution < -0.4 is 0 Å². The van der Waals surface area contributed by atoms with Crippen LogP contribution in [0.3, 0.4) is 0 Å². The number of alkyl halides is 2. The Morgan fingerprint density at radius 1 is 1.03 bits per heavy atom. The summed E-state index contributed by atoms with van der Waals surface area (Å²) in [5.74, 6) is -1.33. The highest BCUT2D eigenvalue weighted by Gasteiger charge is 2.72. The fourth-order valence-electron chi connectivity index (χ4n) is 7.56. The number of thioether (sulfide) groups is 1. The molecule has 0 saturated heterocycles. The third-order valence-corrected chi connectivity index (χ3v) is 9.62. The lowest BCUT2D eigenvalue weighted by Crippen LogP contribution is -2.68. The molecule has 7 nitrogen and oxygen atoms in total. The minimum absolute atomic E-state index is 0.0317. The van der Waals surface area contributed by atoms with Crippen LogP contribution in [0.15, 0.2) is 48.1 Å². The topological polar surface area (TPSA) is 132 Å². The van der Waals surface area contributed by atoms with Gasteiger partial charge in [0.2, 0.25) is 0 Å². The van der Waals surface area contributed by atoms with Crippen molar-refractivity contribution in [1.29, 1.82) is 0 Å². The minimum atomic E-state index is -2.11. The van der Waals surface area contributed by atoms with Gasteiger partial charge >= 0.3 is 10.6 Å². The van der Waals surface area contributed by atoms with Gasteiger partial charge in [0.25, 0.3) is 0 Å². The van der Waals surface area contributed by atoms with Crippen LogP contribution in [0, 0.1) is 28.6 Å². The van der Waals surface area contributed by atoms with E-state index in [9.17, 15) is 24.6 Å². The zero-order valence-corrected chi connectivity index (χ0v) is 22.1. The molecule has 4 aliphatic rings. The Hall–Kier alpha value is -2.56. The molecule has 0 amide bonds. The van der Waals surface area contributed by atoms with Gasteiger partial charge in [-0.25, -0.2) is 18.4 Å². The average Bonchev–Trinajstić information content (AvgIpc) is 3.06. The summed E-state index contributed by atoms with van der Waals surface area (Å²) in [4.78, 5) is 31.7. The number of ketones is 1. The summed E-state index contributed by atoms with van der Waals surface area (Å²) in [6.45, 7) is 5.48. The molecule has 1 aromatic carbocycles. The minimum Gasteiger partial charge on any atom is -0.473 e. The van der Waals surface area contributed by atoms with Crippen LogP contribution >= 0.6 is 11.8 Å². The first kappa shape index (κ1) is 28.4. The molecular weight excluding hydrogens is 518 g/mol. The number of benzene rings is 1. The zero-order valence-electron chi connectivity index (χ0n) is 21.3. The van der Waals surface area contributed by atoms with Gasteiger partial charge in [-0.05, 0) is 60.6 Å². The van der Waals surface area contributed by atoms with Gasteiger partial charge < -0.3 is 20.4 Å². The first-order valence-corrected chi connectivity index (χ1v) is 13.4. The maximum Gasteiger partial charge on any atom is 0.376 e. The smallest absolute Gasteiger partial charge is 0.376 e. The largest absolute Gasteiger partial charge is 0.473 e. The molecule has 0 spiro atoms. The molecule has 4 aliphatic carbocycles. The van der Waals surface area contributed by atoms with Gasteiger partial charge in [0.15, 0.2) is 11.5 Å². The van der Waals surface area contributed by atoms with Crippen molar-refractivity contribution in [3.8, 4) is 0 Å². The molecule has 1 aromatic rings. The van der Waals surface area contributed by atoms with Gasteiger partial charge in [0.05, 0.1) is 24.0 Å². The van der Waals surface area contributed by atoms with E-state index in [1.54, 1.807) is 37.3 Å². The highest BCUT2D eigenvalue weighted by atomic mass is 32.2. The number of hydrogen-bond acceptors (Lipinski definition) is 6. The Morgan fingerprint density at radius 3 is 2.18 bits per heavy atom. The number of carboxylic acid groups (broad SMARTS) is 2. The Bertz CT molecular complexity index is 1190. The van der Waals surface area contributed by atoms with Gasteiger partial charge in [-0.3, -0.25) is 4.79 Å². The van der Waals surface area contributed by atoms with Crippen molar-refractivity contribution in [3.63, 3.8) is 0 Å². The fourth-order valence-corrected chi connectivity index (χ4v) is 7.71. The molecule has 0 heterocycles. The SMILES string of the molecule is C[C@@H]1C[C@H]2[C@@H]3C[C@H](F)C4=CC(=O)C(c5ccccc5)=C[C@]4(C)[C@@]3(F)[C@@H](O)C[C@]2(C)[C@@H]1O.O=C(O)SC(=O)O. The number of hydrogen-bond donors (Lipinski definition) is 4. The number of aliphatic hydroxyl groups excluding tert-OH is 2. The van der Waals surface area contributed by atoms with E-state index in [1.165, 1.54) is 6.08 Å². The fraction of sp³-hybridized carbons (Fsp3) is 0.536. The average molecular weight is 551 g/mol. The lowest BCUT2D eigenvalue weighted by Gasteiger charge is -2.62. The first-order valence-electron chi connectivity index (χ1n) is 12.5. The molecule has 38 heavy (non-hydrogen) atoms. The molecule has 9 atom stereocenters. The molecule has 4 N–H and O–H groups in total.